The van der Waals surface area contributed by atoms with E-state index in [1.165, 1.54) is 55.6 Å². The maximum absolute atomic E-state index is 5.44. The van der Waals surface area contributed by atoms with Crippen LogP contribution in [-0.4, -0.2) is 50.1 Å². The van der Waals surface area contributed by atoms with Crippen molar-refractivity contribution < 1.29 is 4.74 Å². The normalized spacial score (nSPS) is 16.4. The van der Waals surface area contributed by atoms with Crippen LogP contribution in [0.3, 0.4) is 0 Å². The molecule has 0 aliphatic carbocycles. The van der Waals surface area contributed by atoms with E-state index in [-0.39, 0.29) is 0 Å². The van der Waals surface area contributed by atoms with E-state index in [4.69, 9.17) is 4.74 Å². The van der Waals surface area contributed by atoms with E-state index >= 15 is 0 Å². The maximum Gasteiger partial charge on any atom is 0.124 e. The number of benzene rings is 1. The Morgan fingerprint density at radius 3 is 2.29 bits per heavy atom. The number of likely N-dealkylation sites (tertiary alicyclic amines) is 1. The van der Waals surface area contributed by atoms with Crippen molar-refractivity contribution in [1.82, 2.24) is 9.80 Å². The van der Waals surface area contributed by atoms with Crippen molar-refractivity contribution in [2.75, 3.05) is 40.3 Å². The topological polar surface area (TPSA) is 15.7 Å². The van der Waals surface area contributed by atoms with Crippen molar-refractivity contribution in [1.29, 1.82) is 0 Å². The number of ether oxygens (including phenoxy) is 1. The number of piperidine rings is 1. The molecule has 1 saturated heterocycles. The van der Waals surface area contributed by atoms with E-state index in [2.05, 4.69) is 42.8 Å². The Balaban J connectivity index is 1.85. The molecule has 118 valence electrons. The summed E-state index contributed by atoms with van der Waals surface area (Å²) in [5.74, 6) is 1.02. The van der Waals surface area contributed by atoms with E-state index in [0.29, 0.717) is 0 Å². The summed E-state index contributed by atoms with van der Waals surface area (Å²) in [7, 11) is 3.97. The summed E-state index contributed by atoms with van der Waals surface area (Å²) in [6, 6.07) is 4.51. The number of hydrogen-bond donors (Lipinski definition) is 0. The van der Waals surface area contributed by atoms with Gasteiger partial charge in [-0.05, 0) is 63.5 Å². The molecular formula is C18H30N2O. The number of methoxy groups -OCH3 is 1. The molecule has 1 aromatic carbocycles. The summed E-state index contributed by atoms with van der Waals surface area (Å²) in [5.41, 5.74) is 3.85. The van der Waals surface area contributed by atoms with Gasteiger partial charge in [-0.25, -0.2) is 0 Å². The van der Waals surface area contributed by atoms with Crippen LogP contribution in [0.25, 0.3) is 0 Å². The molecule has 0 bridgehead atoms. The van der Waals surface area contributed by atoms with Gasteiger partial charge in [-0.15, -0.1) is 0 Å². The molecule has 0 aromatic heterocycles. The molecule has 1 aliphatic rings. The Morgan fingerprint density at radius 2 is 1.71 bits per heavy atom. The van der Waals surface area contributed by atoms with Crippen LogP contribution in [0.1, 0.15) is 36.0 Å². The minimum Gasteiger partial charge on any atom is -0.496 e. The van der Waals surface area contributed by atoms with E-state index in [0.717, 1.165) is 18.8 Å². The fourth-order valence-corrected chi connectivity index (χ4v) is 3.34. The molecule has 0 atom stereocenters. The highest BCUT2D eigenvalue weighted by Crippen LogP contribution is 2.24. The highest BCUT2D eigenvalue weighted by Gasteiger charge is 2.11. The first-order valence-corrected chi connectivity index (χ1v) is 8.15. The molecule has 0 N–H and O–H groups in total. The summed E-state index contributed by atoms with van der Waals surface area (Å²) >= 11 is 0. The predicted octanol–water partition coefficient (Wildman–Crippen LogP) is 3.23. The molecule has 1 aromatic rings. The fourth-order valence-electron chi connectivity index (χ4n) is 3.34. The molecule has 0 unspecified atom stereocenters. The minimum absolute atomic E-state index is 1.01. The number of hydrogen-bond acceptors (Lipinski definition) is 3. The van der Waals surface area contributed by atoms with Crippen molar-refractivity contribution in [2.45, 2.75) is 39.7 Å². The molecule has 21 heavy (non-hydrogen) atoms. The minimum atomic E-state index is 1.01. The molecule has 1 fully saturated rings. The Labute approximate surface area is 129 Å². The SMILES string of the molecule is COc1c(C)cc(CN(C)CCN2CCCCC2)cc1C. The number of aryl methyl sites for hydroxylation is 2. The number of nitrogens with zero attached hydrogens (tertiary/aromatic N) is 2. The molecule has 0 amide bonds. The Morgan fingerprint density at radius 1 is 1.10 bits per heavy atom. The average Bonchev–Trinajstić information content (AvgIpc) is 2.46. The lowest BCUT2D eigenvalue weighted by atomic mass is 10.1. The van der Waals surface area contributed by atoms with Crippen molar-refractivity contribution in [3.63, 3.8) is 0 Å². The van der Waals surface area contributed by atoms with Gasteiger partial charge in [0.15, 0.2) is 0 Å². The van der Waals surface area contributed by atoms with Crippen LogP contribution in [0.2, 0.25) is 0 Å². The molecule has 1 heterocycles. The standard InChI is InChI=1S/C18H30N2O/c1-15-12-17(13-16(2)18(15)21-4)14-19(3)10-11-20-8-6-5-7-9-20/h12-13H,5-11,14H2,1-4H3. The van der Waals surface area contributed by atoms with E-state index in [1.807, 2.05) is 0 Å². The van der Waals surface area contributed by atoms with Gasteiger partial charge in [0.2, 0.25) is 0 Å². The average molecular weight is 290 g/mol. The lowest BCUT2D eigenvalue weighted by Crippen LogP contribution is -2.36. The van der Waals surface area contributed by atoms with E-state index in [9.17, 15) is 0 Å². The third-order valence-electron chi connectivity index (χ3n) is 4.42. The Kier molecular flexibility index (Phi) is 6.07. The molecule has 0 radical (unpaired) electrons. The first-order valence-electron chi connectivity index (χ1n) is 8.15. The summed E-state index contributed by atoms with van der Waals surface area (Å²) < 4.78 is 5.44. The van der Waals surface area contributed by atoms with Crippen LogP contribution in [-0.2, 0) is 6.54 Å². The quantitative estimate of drug-likeness (QED) is 0.800. The summed E-state index contributed by atoms with van der Waals surface area (Å²) in [4.78, 5) is 5.03. The smallest absolute Gasteiger partial charge is 0.124 e. The maximum atomic E-state index is 5.44. The van der Waals surface area contributed by atoms with Gasteiger partial charge in [0.05, 0.1) is 7.11 Å². The van der Waals surface area contributed by atoms with E-state index < -0.39 is 0 Å². The third kappa shape index (κ3) is 4.72. The van der Waals surface area contributed by atoms with Crippen molar-refractivity contribution in [2.24, 2.45) is 0 Å². The first-order chi connectivity index (χ1) is 10.1. The molecule has 3 nitrogen and oxygen atoms in total. The van der Waals surface area contributed by atoms with Crippen molar-refractivity contribution >= 4 is 0 Å². The molecule has 0 saturated carbocycles. The molecule has 1 aliphatic heterocycles. The van der Waals surface area contributed by atoms with Gasteiger partial charge in [-0.3, -0.25) is 0 Å². The highest BCUT2D eigenvalue weighted by atomic mass is 16.5. The second kappa shape index (κ2) is 7.81. The van der Waals surface area contributed by atoms with Gasteiger partial charge in [0.25, 0.3) is 0 Å². The monoisotopic (exact) mass is 290 g/mol. The van der Waals surface area contributed by atoms with Crippen LogP contribution in [0.15, 0.2) is 12.1 Å². The molecular weight excluding hydrogens is 260 g/mol. The number of likely N-dealkylation sites (N-methyl/N-ethyl adjacent to an activating group) is 1. The summed E-state index contributed by atoms with van der Waals surface area (Å²) in [5, 5.41) is 0. The van der Waals surface area contributed by atoms with Gasteiger partial charge in [0, 0.05) is 19.6 Å². The second-order valence-corrected chi connectivity index (χ2v) is 6.40. The highest BCUT2D eigenvalue weighted by molar-refractivity contribution is 5.43. The fraction of sp³-hybridized carbons (Fsp3) is 0.667. The molecule has 3 heteroatoms. The van der Waals surface area contributed by atoms with Crippen LogP contribution in [0, 0.1) is 13.8 Å². The largest absolute Gasteiger partial charge is 0.496 e. The van der Waals surface area contributed by atoms with Crippen LogP contribution >= 0.6 is 0 Å². The zero-order chi connectivity index (χ0) is 15.2. The van der Waals surface area contributed by atoms with E-state index in [1.54, 1.807) is 7.11 Å². The summed E-state index contributed by atoms with van der Waals surface area (Å²) in [6.07, 6.45) is 4.16. The second-order valence-electron chi connectivity index (χ2n) is 6.40. The Hall–Kier alpha value is -1.06. The van der Waals surface area contributed by atoms with Gasteiger partial charge >= 0.3 is 0 Å². The van der Waals surface area contributed by atoms with Gasteiger partial charge < -0.3 is 14.5 Å². The van der Waals surface area contributed by atoms with Crippen LogP contribution < -0.4 is 4.74 Å². The van der Waals surface area contributed by atoms with Crippen LogP contribution in [0.5, 0.6) is 5.75 Å². The van der Waals surface area contributed by atoms with Crippen molar-refractivity contribution in [3.8, 4) is 5.75 Å². The zero-order valence-corrected chi connectivity index (χ0v) is 14.1. The number of rotatable bonds is 6. The van der Waals surface area contributed by atoms with Crippen molar-refractivity contribution in [3.05, 3.63) is 28.8 Å². The molecule has 0 spiro atoms. The lowest BCUT2D eigenvalue weighted by molar-refractivity contribution is 0.194. The predicted molar refractivity (Wildman–Crippen MR) is 89.1 cm³/mol. The third-order valence-corrected chi connectivity index (χ3v) is 4.42. The Bertz CT molecular complexity index is 430. The van der Waals surface area contributed by atoms with Gasteiger partial charge in [-0.2, -0.15) is 0 Å². The summed E-state index contributed by atoms with van der Waals surface area (Å²) in [6.45, 7) is 10.2. The first kappa shape index (κ1) is 16.3. The lowest BCUT2D eigenvalue weighted by Gasteiger charge is -2.28. The zero-order valence-electron chi connectivity index (χ0n) is 14.1. The molecule has 2 rings (SSSR count). The van der Waals surface area contributed by atoms with Crippen LogP contribution in [0.4, 0.5) is 0 Å². The van der Waals surface area contributed by atoms with Gasteiger partial charge in [-0.1, -0.05) is 18.6 Å². The van der Waals surface area contributed by atoms with Gasteiger partial charge in [0.1, 0.15) is 5.75 Å².